The largest absolute Gasteiger partial charge is 0.462 e. The van der Waals surface area contributed by atoms with Crippen LogP contribution in [0.3, 0.4) is 0 Å². The van der Waals surface area contributed by atoms with E-state index in [2.05, 4.69) is 5.32 Å². The highest BCUT2D eigenvalue weighted by Gasteiger charge is 2.30. The van der Waals surface area contributed by atoms with Crippen molar-refractivity contribution >= 4 is 34.4 Å². The van der Waals surface area contributed by atoms with Crippen LogP contribution in [-0.2, 0) is 4.74 Å². The fourth-order valence-electron chi connectivity index (χ4n) is 2.20. The van der Waals surface area contributed by atoms with Gasteiger partial charge in [0.05, 0.1) is 39.1 Å². The van der Waals surface area contributed by atoms with Crippen molar-refractivity contribution in [1.82, 2.24) is 0 Å². The molecule has 0 saturated heterocycles. The van der Waals surface area contributed by atoms with Gasteiger partial charge in [0, 0.05) is 5.69 Å². The Morgan fingerprint density at radius 1 is 1.00 bits per heavy atom. The summed E-state index contributed by atoms with van der Waals surface area (Å²) in [5.74, 6) is -0.645. The van der Waals surface area contributed by atoms with Crippen LogP contribution in [0.15, 0.2) is 36.4 Å². The van der Waals surface area contributed by atoms with E-state index in [9.17, 15) is 35.1 Å². The molecule has 0 aliphatic heterocycles. The molecule has 0 aromatic heterocycles. The number of anilines is 2. The van der Waals surface area contributed by atoms with Crippen molar-refractivity contribution in [2.24, 2.45) is 0 Å². The van der Waals surface area contributed by atoms with Crippen molar-refractivity contribution in [3.05, 3.63) is 72.3 Å². The van der Waals surface area contributed by atoms with Crippen LogP contribution in [-0.4, -0.2) is 27.3 Å². The van der Waals surface area contributed by atoms with Crippen LogP contribution in [0, 0.1) is 30.3 Å². The molecule has 12 heteroatoms. The van der Waals surface area contributed by atoms with Gasteiger partial charge in [-0.2, -0.15) is 0 Å². The van der Waals surface area contributed by atoms with E-state index in [4.69, 9.17) is 4.74 Å². The molecule has 0 bridgehead atoms. The molecule has 0 saturated carbocycles. The van der Waals surface area contributed by atoms with Crippen molar-refractivity contribution in [3.8, 4) is 0 Å². The highest BCUT2D eigenvalue weighted by Crippen LogP contribution is 2.40. The molecule has 2 aromatic carbocycles. The van der Waals surface area contributed by atoms with Crippen LogP contribution in [0.4, 0.5) is 28.4 Å². The Morgan fingerprint density at radius 2 is 1.59 bits per heavy atom. The van der Waals surface area contributed by atoms with Crippen LogP contribution in [0.1, 0.15) is 17.3 Å². The molecule has 2 aromatic rings. The van der Waals surface area contributed by atoms with Crippen LogP contribution in [0.5, 0.6) is 0 Å². The summed E-state index contributed by atoms with van der Waals surface area (Å²) in [6, 6.07) is 6.80. The second-order valence-electron chi connectivity index (χ2n) is 5.06. The third-order valence-electron chi connectivity index (χ3n) is 3.33. The fraction of sp³-hybridized carbons (Fsp3) is 0.133. The second-order valence-corrected chi connectivity index (χ2v) is 5.06. The zero-order valence-electron chi connectivity index (χ0n) is 13.8. The fourth-order valence-corrected chi connectivity index (χ4v) is 2.20. The van der Waals surface area contributed by atoms with Crippen molar-refractivity contribution in [3.63, 3.8) is 0 Å². The van der Waals surface area contributed by atoms with Crippen LogP contribution < -0.4 is 5.32 Å². The number of carbonyl (C=O) groups is 1. The average molecular weight is 376 g/mol. The van der Waals surface area contributed by atoms with Gasteiger partial charge in [0.1, 0.15) is 0 Å². The molecule has 0 fully saturated rings. The summed E-state index contributed by atoms with van der Waals surface area (Å²) < 4.78 is 4.84. The van der Waals surface area contributed by atoms with Gasteiger partial charge in [0.15, 0.2) is 5.69 Å². The lowest BCUT2D eigenvalue weighted by molar-refractivity contribution is -0.401. The maximum Gasteiger partial charge on any atom is 0.338 e. The molecule has 12 nitrogen and oxygen atoms in total. The minimum atomic E-state index is -0.975. The van der Waals surface area contributed by atoms with E-state index in [0.717, 1.165) is 0 Å². The number of hydrogen-bond donors (Lipinski definition) is 1. The number of esters is 1. The summed E-state index contributed by atoms with van der Waals surface area (Å²) in [6.07, 6.45) is 0. The molecule has 0 aliphatic rings. The average Bonchev–Trinajstić information content (AvgIpc) is 2.61. The van der Waals surface area contributed by atoms with Crippen molar-refractivity contribution < 1.29 is 24.3 Å². The molecule has 0 unspecified atom stereocenters. The number of hydrogen-bond acceptors (Lipinski definition) is 9. The SMILES string of the molecule is CCOC(=O)c1cccc(Nc2c([N+](=O)[O-])cc([N+](=O)[O-])cc2[N+](=O)[O-])c1. The zero-order chi connectivity index (χ0) is 20.1. The number of nitro groups is 3. The Kier molecular flexibility index (Phi) is 5.60. The number of rotatable bonds is 7. The lowest BCUT2D eigenvalue weighted by Gasteiger charge is -2.09. The molecule has 2 rings (SSSR count). The van der Waals surface area contributed by atoms with Gasteiger partial charge in [-0.15, -0.1) is 0 Å². The van der Waals surface area contributed by atoms with Crippen molar-refractivity contribution in [2.45, 2.75) is 6.92 Å². The number of nitrogens with one attached hydrogen (secondary N) is 1. The molecular weight excluding hydrogens is 364 g/mol. The zero-order valence-corrected chi connectivity index (χ0v) is 13.8. The summed E-state index contributed by atoms with van der Waals surface area (Å²) in [4.78, 5) is 42.3. The number of nitro benzene ring substituents is 3. The first-order valence-corrected chi connectivity index (χ1v) is 7.40. The summed E-state index contributed by atoms with van der Waals surface area (Å²) in [5, 5.41) is 35.9. The van der Waals surface area contributed by atoms with Crippen LogP contribution in [0.25, 0.3) is 0 Å². The molecule has 0 aliphatic carbocycles. The van der Waals surface area contributed by atoms with Gasteiger partial charge in [0.25, 0.3) is 5.69 Å². The van der Waals surface area contributed by atoms with E-state index >= 15 is 0 Å². The number of non-ortho nitro benzene ring substituents is 1. The van der Waals surface area contributed by atoms with E-state index in [1.54, 1.807) is 6.92 Å². The van der Waals surface area contributed by atoms with Crippen molar-refractivity contribution in [2.75, 3.05) is 11.9 Å². The quantitative estimate of drug-likeness (QED) is 0.432. The minimum absolute atomic E-state index is 0.120. The Hall–Kier alpha value is -4.09. The predicted octanol–water partition coefficient (Wildman–Crippen LogP) is 3.33. The Morgan fingerprint density at radius 3 is 2.07 bits per heavy atom. The number of nitrogens with zero attached hydrogens (tertiary/aromatic N) is 3. The van der Waals surface area contributed by atoms with Gasteiger partial charge in [-0.3, -0.25) is 30.3 Å². The summed E-state index contributed by atoms with van der Waals surface area (Å²) >= 11 is 0. The standard InChI is InChI=1S/C15H12N4O8/c1-2-27-15(20)9-4-3-5-10(6-9)16-14-12(18(23)24)7-11(17(21)22)8-13(14)19(25)26/h3-8,16H,2H2,1H3. The van der Waals surface area contributed by atoms with Gasteiger partial charge in [-0.25, -0.2) is 4.79 Å². The molecule has 1 N–H and O–H groups in total. The summed E-state index contributed by atoms with van der Waals surface area (Å²) in [5.41, 5.74) is -2.79. The van der Waals surface area contributed by atoms with Crippen molar-refractivity contribution in [1.29, 1.82) is 0 Å². The second kappa shape index (κ2) is 7.86. The highest BCUT2D eigenvalue weighted by molar-refractivity contribution is 5.91. The van der Waals surface area contributed by atoms with E-state index in [-0.39, 0.29) is 17.9 Å². The molecule has 0 spiro atoms. The Bertz CT molecular complexity index is 908. The third-order valence-corrected chi connectivity index (χ3v) is 3.33. The molecule has 0 heterocycles. The van der Waals surface area contributed by atoms with Gasteiger partial charge >= 0.3 is 17.3 Å². The maximum absolute atomic E-state index is 11.8. The first-order valence-electron chi connectivity index (χ1n) is 7.40. The number of benzene rings is 2. The van der Waals surface area contributed by atoms with E-state index in [1.165, 1.54) is 24.3 Å². The third kappa shape index (κ3) is 4.31. The van der Waals surface area contributed by atoms with Gasteiger partial charge in [-0.05, 0) is 25.1 Å². The minimum Gasteiger partial charge on any atom is -0.462 e. The molecule has 0 atom stereocenters. The molecule has 27 heavy (non-hydrogen) atoms. The Labute approximate surface area is 150 Å². The molecular formula is C15H12N4O8. The molecule has 0 radical (unpaired) electrons. The van der Waals surface area contributed by atoms with Gasteiger partial charge < -0.3 is 10.1 Å². The predicted molar refractivity (Wildman–Crippen MR) is 92.1 cm³/mol. The normalized spacial score (nSPS) is 10.1. The number of ether oxygens (including phenoxy) is 1. The van der Waals surface area contributed by atoms with E-state index < -0.39 is 43.5 Å². The molecule has 140 valence electrons. The summed E-state index contributed by atoms with van der Waals surface area (Å²) in [7, 11) is 0. The summed E-state index contributed by atoms with van der Waals surface area (Å²) in [6.45, 7) is 1.75. The van der Waals surface area contributed by atoms with Gasteiger partial charge in [-0.1, -0.05) is 6.07 Å². The first-order chi connectivity index (χ1) is 12.7. The van der Waals surface area contributed by atoms with Crippen LogP contribution in [0.2, 0.25) is 0 Å². The Balaban J connectivity index is 2.56. The monoisotopic (exact) mass is 376 g/mol. The van der Waals surface area contributed by atoms with E-state index in [0.29, 0.717) is 12.1 Å². The molecule has 0 amide bonds. The maximum atomic E-state index is 11.8. The number of carbonyl (C=O) groups excluding carboxylic acids is 1. The van der Waals surface area contributed by atoms with Crippen LogP contribution >= 0.6 is 0 Å². The first kappa shape index (κ1) is 19.2. The topological polar surface area (TPSA) is 168 Å². The lowest BCUT2D eigenvalue weighted by atomic mass is 10.1. The van der Waals surface area contributed by atoms with E-state index in [1.807, 2.05) is 0 Å². The smallest absolute Gasteiger partial charge is 0.338 e. The highest BCUT2D eigenvalue weighted by atomic mass is 16.6. The lowest BCUT2D eigenvalue weighted by Crippen LogP contribution is -2.06. The van der Waals surface area contributed by atoms with Gasteiger partial charge in [0.2, 0.25) is 0 Å².